The Hall–Kier alpha value is -2.25. The number of hydrogen-bond acceptors (Lipinski definition) is 5. The van der Waals surface area contributed by atoms with Crippen molar-refractivity contribution in [2.75, 3.05) is 18.5 Å². The van der Waals surface area contributed by atoms with Gasteiger partial charge in [0.1, 0.15) is 10.7 Å². The molecule has 1 N–H and O–H groups in total. The van der Waals surface area contributed by atoms with Crippen LogP contribution in [-0.2, 0) is 10.0 Å². The highest BCUT2D eigenvalue weighted by atomic mass is 32.2. The van der Waals surface area contributed by atoms with Gasteiger partial charge in [0.2, 0.25) is 10.0 Å². The van der Waals surface area contributed by atoms with E-state index in [1.807, 2.05) is 13.0 Å². The molecule has 27 heavy (non-hydrogen) atoms. The van der Waals surface area contributed by atoms with Crippen LogP contribution in [0.4, 0.5) is 5.82 Å². The van der Waals surface area contributed by atoms with Crippen LogP contribution in [0.2, 0.25) is 0 Å². The molecule has 0 amide bonds. The summed E-state index contributed by atoms with van der Waals surface area (Å²) in [6.45, 7) is 7.24. The van der Waals surface area contributed by atoms with Gasteiger partial charge in [-0.15, -0.1) is 0 Å². The molecule has 7 heteroatoms. The maximum atomic E-state index is 12.6. The van der Waals surface area contributed by atoms with Crippen LogP contribution in [0.5, 0.6) is 0 Å². The van der Waals surface area contributed by atoms with E-state index in [0.717, 1.165) is 30.5 Å². The lowest BCUT2D eigenvalue weighted by molar-refractivity contribution is 0.346. The second-order valence-corrected chi connectivity index (χ2v) is 8.89. The molecule has 1 aliphatic rings. The number of sulfonamides is 1. The third kappa shape index (κ3) is 4.54. The quantitative estimate of drug-likeness (QED) is 0.628. The van der Waals surface area contributed by atoms with Crippen LogP contribution in [0.1, 0.15) is 42.9 Å². The number of aryl methyl sites for hydroxylation is 2. The maximum Gasteiger partial charge on any atom is 0.244 e. The van der Waals surface area contributed by atoms with Gasteiger partial charge in [-0.1, -0.05) is 18.6 Å². The van der Waals surface area contributed by atoms with Crippen LogP contribution in [0.25, 0.3) is 0 Å². The Labute approximate surface area is 161 Å². The summed E-state index contributed by atoms with van der Waals surface area (Å²) in [6, 6.07) is 9.43. The van der Waals surface area contributed by atoms with Crippen molar-refractivity contribution >= 4 is 21.6 Å². The predicted molar refractivity (Wildman–Crippen MR) is 109 cm³/mol. The van der Waals surface area contributed by atoms with Gasteiger partial charge >= 0.3 is 0 Å². The molecule has 1 saturated heterocycles. The summed E-state index contributed by atoms with van der Waals surface area (Å²) in [7, 11) is -3.45. The number of benzene rings is 1. The molecule has 3 rings (SSSR count). The normalized spacial score (nSPS) is 16.3. The van der Waals surface area contributed by atoms with Crippen molar-refractivity contribution in [1.29, 1.82) is 0 Å². The van der Waals surface area contributed by atoms with E-state index < -0.39 is 10.0 Å². The van der Waals surface area contributed by atoms with E-state index in [4.69, 9.17) is 0 Å². The lowest BCUT2D eigenvalue weighted by atomic mass is 10.0. The molecule has 0 unspecified atom stereocenters. The maximum absolute atomic E-state index is 12.6. The fourth-order valence-corrected chi connectivity index (χ4v) is 4.49. The number of piperidine rings is 1. The Morgan fingerprint density at radius 2 is 1.81 bits per heavy atom. The summed E-state index contributed by atoms with van der Waals surface area (Å²) in [5, 5.41) is 4.36. The third-order valence-corrected chi connectivity index (χ3v) is 6.83. The first-order valence-corrected chi connectivity index (χ1v) is 10.7. The lowest BCUT2D eigenvalue weighted by Crippen LogP contribution is -2.35. The fourth-order valence-electron chi connectivity index (χ4n) is 3.03. The van der Waals surface area contributed by atoms with Gasteiger partial charge in [-0.25, -0.2) is 13.4 Å². The second kappa shape index (κ2) is 8.19. The van der Waals surface area contributed by atoms with Gasteiger partial charge in [0.05, 0.1) is 5.71 Å². The Kier molecular flexibility index (Phi) is 5.92. The topological polar surface area (TPSA) is 74.7 Å². The van der Waals surface area contributed by atoms with Gasteiger partial charge in [0.25, 0.3) is 0 Å². The van der Waals surface area contributed by atoms with E-state index >= 15 is 0 Å². The minimum Gasteiger partial charge on any atom is -0.261 e. The van der Waals surface area contributed by atoms with Crippen molar-refractivity contribution in [3.63, 3.8) is 0 Å². The molecule has 0 saturated carbocycles. The molecule has 144 valence electrons. The summed E-state index contributed by atoms with van der Waals surface area (Å²) in [5.74, 6) is 0.510. The second-order valence-electron chi connectivity index (χ2n) is 6.95. The SMILES string of the molecule is C/C(=N\Nc1ccc(S(=O)(=O)N2CCCCC2)cn1)c1ccc(C)c(C)c1. The Balaban J connectivity index is 1.71. The van der Waals surface area contributed by atoms with Crippen LogP contribution >= 0.6 is 0 Å². The van der Waals surface area contributed by atoms with E-state index in [9.17, 15) is 8.42 Å². The predicted octanol–water partition coefficient (Wildman–Crippen LogP) is 3.71. The molecule has 0 aliphatic carbocycles. The molecule has 0 atom stereocenters. The molecule has 6 nitrogen and oxygen atoms in total. The number of anilines is 1. The average Bonchev–Trinajstić information content (AvgIpc) is 2.69. The van der Waals surface area contributed by atoms with E-state index in [-0.39, 0.29) is 4.90 Å². The first kappa shape index (κ1) is 19.5. The van der Waals surface area contributed by atoms with Gasteiger partial charge in [-0.3, -0.25) is 5.43 Å². The molecule has 0 radical (unpaired) electrons. The molecule has 1 fully saturated rings. The van der Waals surface area contributed by atoms with Crippen molar-refractivity contribution in [2.24, 2.45) is 5.10 Å². The molecular formula is C20H26N4O2S. The molecule has 2 heterocycles. The van der Waals surface area contributed by atoms with Gasteiger partial charge in [-0.05, 0) is 68.5 Å². The van der Waals surface area contributed by atoms with Crippen molar-refractivity contribution in [2.45, 2.75) is 44.9 Å². The first-order chi connectivity index (χ1) is 12.9. The zero-order chi connectivity index (χ0) is 19.4. The summed E-state index contributed by atoms with van der Waals surface area (Å²) < 4.78 is 26.8. The van der Waals surface area contributed by atoms with Crippen molar-refractivity contribution < 1.29 is 8.42 Å². The van der Waals surface area contributed by atoms with Crippen LogP contribution in [0, 0.1) is 13.8 Å². The van der Waals surface area contributed by atoms with E-state index in [2.05, 4.69) is 41.5 Å². The van der Waals surface area contributed by atoms with E-state index in [1.54, 1.807) is 16.4 Å². The van der Waals surface area contributed by atoms with E-state index in [0.29, 0.717) is 18.9 Å². The Morgan fingerprint density at radius 3 is 2.44 bits per heavy atom. The zero-order valence-corrected chi connectivity index (χ0v) is 16.9. The molecule has 0 spiro atoms. The zero-order valence-electron chi connectivity index (χ0n) is 16.1. The Bertz CT molecular complexity index is 931. The third-order valence-electron chi connectivity index (χ3n) is 4.95. The average molecular weight is 387 g/mol. The van der Waals surface area contributed by atoms with Crippen molar-refractivity contribution in [3.8, 4) is 0 Å². The summed E-state index contributed by atoms with van der Waals surface area (Å²) in [4.78, 5) is 4.44. The molecule has 0 bridgehead atoms. The largest absolute Gasteiger partial charge is 0.261 e. The number of pyridine rings is 1. The smallest absolute Gasteiger partial charge is 0.244 e. The molecule has 2 aromatic rings. The van der Waals surface area contributed by atoms with Crippen LogP contribution in [0.15, 0.2) is 46.5 Å². The van der Waals surface area contributed by atoms with Crippen molar-refractivity contribution in [1.82, 2.24) is 9.29 Å². The van der Waals surface area contributed by atoms with Crippen LogP contribution in [0.3, 0.4) is 0 Å². The van der Waals surface area contributed by atoms with Crippen LogP contribution in [-0.4, -0.2) is 36.5 Å². The first-order valence-electron chi connectivity index (χ1n) is 9.22. The molecule has 1 aromatic heterocycles. The minimum atomic E-state index is -3.45. The molecular weight excluding hydrogens is 360 g/mol. The number of hydrogen-bond donors (Lipinski definition) is 1. The number of rotatable bonds is 5. The Morgan fingerprint density at radius 1 is 1.07 bits per heavy atom. The minimum absolute atomic E-state index is 0.227. The van der Waals surface area contributed by atoms with E-state index in [1.165, 1.54) is 17.3 Å². The summed E-state index contributed by atoms with van der Waals surface area (Å²) >= 11 is 0. The number of hydrazone groups is 1. The summed E-state index contributed by atoms with van der Waals surface area (Å²) in [6.07, 6.45) is 4.32. The number of nitrogens with zero attached hydrogens (tertiary/aromatic N) is 3. The number of nitrogens with one attached hydrogen (secondary N) is 1. The monoisotopic (exact) mass is 386 g/mol. The van der Waals surface area contributed by atoms with Gasteiger partial charge in [0, 0.05) is 19.3 Å². The highest BCUT2D eigenvalue weighted by molar-refractivity contribution is 7.89. The number of aromatic nitrogens is 1. The van der Waals surface area contributed by atoms with Crippen molar-refractivity contribution in [3.05, 3.63) is 53.2 Å². The summed E-state index contributed by atoms with van der Waals surface area (Å²) in [5.41, 5.74) is 7.24. The highest BCUT2D eigenvalue weighted by Gasteiger charge is 2.26. The molecule has 1 aliphatic heterocycles. The van der Waals surface area contributed by atoms with Gasteiger partial charge in [0.15, 0.2) is 0 Å². The lowest BCUT2D eigenvalue weighted by Gasteiger charge is -2.25. The molecule has 1 aromatic carbocycles. The van der Waals surface area contributed by atoms with Crippen LogP contribution < -0.4 is 5.43 Å². The van der Waals surface area contributed by atoms with Gasteiger partial charge < -0.3 is 0 Å². The highest BCUT2D eigenvalue weighted by Crippen LogP contribution is 2.20. The fraction of sp³-hybridized carbons (Fsp3) is 0.400. The standard InChI is InChI=1S/C20H26N4O2S/c1-15-7-8-18(13-16(15)2)17(3)22-23-20-10-9-19(14-21-20)27(25,26)24-11-5-4-6-12-24/h7-10,13-14H,4-6,11-12H2,1-3H3,(H,21,23)/b22-17+. The van der Waals surface area contributed by atoms with Gasteiger partial charge in [-0.2, -0.15) is 9.41 Å².